The molecule has 2 aromatic rings. The van der Waals surface area contributed by atoms with Gasteiger partial charge in [0.2, 0.25) is 0 Å². The molecule has 0 atom stereocenters. The molecule has 0 fully saturated rings. The number of rotatable bonds is 8. The molecule has 3 heteroatoms. The molecule has 0 aliphatic heterocycles. The Morgan fingerprint density at radius 2 is 1.48 bits per heavy atom. The fourth-order valence-corrected chi connectivity index (χ4v) is 2.07. The van der Waals surface area contributed by atoms with Gasteiger partial charge in [-0.1, -0.05) is 31.2 Å². The fourth-order valence-electron chi connectivity index (χ4n) is 2.07. The van der Waals surface area contributed by atoms with E-state index >= 15 is 0 Å². The van der Waals surface area contributed by atoms with Gasteiger partial charge in [-0.2, -0.15) is 0 Å². The zero-order valence-electron chi connectivity index (χ0n) is 12.8. The van der Waals surface area contributed by atoms with Gasteiger partial charge >= 0.3 is 0 Å². The molecule has 3 nitrogen and oxygen atoms in total. The lowest BCUT2D eigenvalue weighted by molar-refractivity contribution is 0.300. The van der Waals surface area contributed by atoms with Crippen molar-refractivity contribution in [3.05, 3.63) is 59.7 Å². The Hall–Kier alpha value is -2.00. The summed E-state index contributed by atoms with van der Waals surface area (Å²) in [4.78, 5) is 0. The summed E-state index contributed by atoms with van der Waals surface area (Å²) < 4.78 is 11.4. The van der Waals surface area contributed by atoms with Crippen molar-refractivity contribution >= 4 is 0 Å². The van der Waals surface area contributed by atoms with E-state index in [1.54, 1.807) is 0 Å². The minimum absolute atomic E-state index is 0.576. The van der Waals surface area contributed by atoms with Crippen molar-refractivity contribution in [3.63, 3.8) is 0 Å². The second-order valence-electron chi connectivity index (χ2n) is 4.91. The van der Waals surface area contributed by atoms with Crippen LogP contribution in [0.1, 0.15) is 24.5 Å². The molecule has 21 heavy (non-hydrogen) atoms. The van der Waals surface area contributed by atoms with Crippen LogP contribution in [0.15, 0.2) is 48.5 Å². The van der Waals surface area contributed by atoms with Gasteiger partial charge in [0.05, 0.1) is 6.61 Å². The van der Waals surface area contributed by atoms with Crippen LogP contribution in [0.3, 0.4) is 0 Å². The quantitative estimate of drug-likeness (QED) is 0.801. The van der Waals surface area contributed by atoms with Crippen LogP contribution in [0, 0.1) is 0 Å². The highest BCUT2D eigenvalue weighted by Crippen LogP contribution is 2.19. The van der Waals surface area contributed by atoms with E-state index in [4.69, 9.17) is 9.47 Å². The van der Waals surface area contributed by atoms with Crippen LogP contribution < -0.4 is 14.8 Å². The van der Waals surface area contributed by atoms with Gasteiger partial charge in [0.1, 0.15) is 18.1 Å². The molecule has 0 spiro atoms. The molecule has 0 aromatic heterocycles. The highest BCUT2D eigenvalue weighted by atomic mass is 16.5. The van der Waals surface area contributed by atoms with Crippen molar-refractivity contribution in [1.82, 2.24) is 5.32 Å². The maximum absolute atomic E-state index is 5.86. The monoisotopic (exact) mass is 285 g/mol. The largest absolute Gasteiger partial charge is 0.494 e. The minimum Gasteiger partial charge on any atom is -0.494 e. The molecule has 1 N–H and O–H groups in total. The third kappa shape index (κ3) is 4.80. The Kier molecular flexibility index (Phi) is 6.10. The molecular weight excluding hydrogens is 262 g/mol. The lowest BCUT2D eigenvalue weighted by Gasteiger charge is -2.11. The van der Waals surface area contributed by atoms with E-state index in [1.165, 1.54) is 11.1 Å². The van der Waals surface area contributed by atoms with Gasteiger partial charge in [-0.15, -0.1) is 0 Å². The maximum Gasteiger partial charge on any atom is 0.120 e. The van der Waals surface area contributed by atoms with Crippen LogP contribution in [-0.4, -0.2) is 13.7 Å². The predicted octanol–water partition coefficient (Wildman–Crippen LogP) is 3.77. The number of benzene rings is 2. The van der Waals surface area contributed by atoms with E-state index in [1.807, 2.05) is 37.4 Å². The number of ether oxygens (including phenoxy) is 2. The summed E-state index contributed by atoms with van der Waals surface area (Å²) in [6, 6.07) is 16.1. The lowest BCUT2D eigenvalue weighted by Crippen LogP contribution is -2.09. The smallest absolute Gasteiger partial charge is 0.120 e. The van der Waals surface area contributed by atoms with Gasteiger partial charge in [-0.25, -0.2) is 0 Å². The van der Waals surface area contributed by atoms with Crippen LogP contribution >= 0.6 is 0 Å². The van der Waals surface area contributed by atoms with E-state index in [0.717, 1.165) is 31.1 Å². The normalized spacial score (nSPS) is 10.4. The molecule has 0 unspecified atom stereocenters. The molecule has 0 bridgehead atoms. The molecule has 112 valence electrons. The first-order valence-corrected chi connectivity index (χ1v) is 7.40. The average molecular weight is 285 g/mol. The molecule has 0 radical (unpaired) electrons. The number of hydrogen-bond donors (Lipinski definition) is 1. The van der Waals surface area contributed by atoms with Crippen molar-refractivity contribution in [3.8, 4) is 11.5 Å². The molecule has 0 aliphatic carbocycles. The summed E-state index contributed by atoms with van der Waals surface area (Å²) in [6.45, 7) is 4.27. The Balaban J connectivity index is 1.93. The average Bonchev–Trinajstić information content (AvgIpc) is 2.53. The van der Waals surface area contributed by atoms with E-state index in [9.17, 15) is 0 Å². The maximum atomic E-state index is 5.86. The molecule has 2 aromatic carbocycles. The summed E-state index contributed by atoms with van der Waals surface area (Å²) in [7, 11) is 1.95. The van der Waals surface area contributed by atoms with Crippen molar-refractivity contribution in [2.24, 2.45) is 0 Å². The Morgan fingerprint density at radius 1 is 0.857 bits per heavy atom. The molecule has 2 rings (SSSR count). The molecule has 0 saturated heterocycles. The van der Waals surface area contributed by atoms with Crippen molar-refractivity contribution in [2.75, 3.05) is 13.7 Å². The summed E-state index contributed by atoms with van der Waals surface area (Å²) in [6.07, 6.45) is 1.01. The van der Waals surface area contributed by atoms with Crippen LogP contribution in [0.4, 0.5) is 0 Å². The van der Waals surface area contributed by atoms with Crippen molar-refractivity contribution in [1.29, 1.82) is 0 Å². The minimum atomic E-state index is 0.576. The third-order valence-corrected chi connectivity index (χ3v) is 3.18. The second kappa shape index (κ2) is 8.32. The van der Waals surface area contributed by atoms with Gasteiger partial charge in [-0.05, 0) is 48.9 Å². The van der Waals surface area contributed by atoms with Crippen LogP contribution in [0.25, 0.3) is 0 Å². The SMILES string of the molecule is CCCOc1ccc(OCc2ccccc2CNC)cc1. The summed E-state index contributed by atoms with van der Waals surface area (Å²) in [5.41, 5.74) is 2.47. The van der Waals surface area contributed by atoms with Gasteiger partial charge in [0, 0.05) is 6.54 Å². The van der Waals surface area contributed by atoms with Crippen LogP contribution in [0.5, 0.6) is 11.5 Å². The zero-order valence-corrected chi connectivity index (χ0v) is 12.8. The molecular formula is C18H23NO2. The van der Waals surface area contributed by atoms with Gasteiger partial charge in [0.25, 0.3) is 0 Å². The third-order valence-electron chi connectivity index (χ3n) is 3.18. The second-order valence-corrected chi connectivity index (χ2v) is 4.91. The Morgan fingerprint density at radius 3 is 2.10 bits per heavy atom. The molecule has 0 heterocycles. The summed E-state index contributed by atoms with van der Waals surface area (Å²) in [5.74, 6) is 1.75. The highest BCUT2D eigenvalue weighted by molar-refractivity contribution is 5.32. The van der Waals surface area contributed by atoms with E-state index in [2.05, 4.69) is 30.4 Å². The fraction of sp³-hybridized carbons (Fsp3) is 0.333. The van der Waals surface area contributed by atoms with Gasteiger partial charge in [0.15, 0.2) is 0 Å². The van der Waals surface area contributed by atoms with E-state index < -0.39 is 0 Å². The predicted molar refractivity (Wildman–Crippen MR) is 85.8 cm³/mol. The molecule has 0 saturated carbocycles. The number of nitrogens with one attached hydrogen (secondary N) is 1. The van der Waals surface area contributed by atoms with Crippen LogP contribution in [-0.2, 0) is 13.2 Å². The zero-order chi connectivity index (χ0) is 14.9. The van der Waals surface area contributed by atoms with Crippen molar-refractivity contribution in [2.45, 2.75) is 26.5 Å². The van der Waals surface area contributed by atoms with Crippen molar-refractivity contribution < 1.29 is 9.47 Å². The Bertz CT molecular complexity index is 537. The Labute approximate surface area is 126 Å². The molecule has 0 aliphatic rings. The van der Waals surface area contributed by atoms with Gasteiger partial charge in [-0.3, -0.25) is 0 Å². The number of hydrogen-bond acceptors (Lipinski definition) is 3. The van der Waals surface area contributed by atoms with E-state index in [-0.39, 0.29) is 0 Å². The first-order chi connectivity index (χ1) is 10.3. The first kappa shape index (κ1) is 15.4. The highest BCUT2D eigenvalue weighted by Gasteiger charge is 2.02. The lowest BCUT2D eigenvalue weighted by atomic mass is 10.1. The van der Waals surface area contributed by atoms with Crippen LogP contribution in [0.2, 0.25) is 0 Å². The van der Waals surface area contributed by atoms with E-state index in [0.29, 0.717) is 6.61 Å². The first-order valence-electron chi connectivity index (χ1n) is 7.40. The molecule has 0 amide bonds. The van der Waals surface area contributed by atoms with Gasteiger partial charge < -0.3 is 14.8 Å². The summed E-state index contributed by atoms with van der Waals surface area (Å²) >= 11 is 0. The standard InChI is InChI=1S/C18H23NO2/c1-3-12-20-17-8-10-18(11-9-17)21-14-16-7-5-4-6-15(16)13-19-2/h4-11,19H,3,12-14H2,1-2H3. The summed E-state index contributed by atoms with van der Waals surface area (Å²) in [5, 5.41) is 3.18. The topological polar surface area (TPSA) is 30.5 Å².